The lowest BCUT2D eigenvalue weighted by atomic mass is 10.3. The van der Waals surface area contributed by atoms with E-state index in [2.05, 4.69) is 15.3 Å². The predicted octanol–water partition coefficient (Wildman–Crippen LogP) is 3.18. The predicted molar refractivity (Wildman–Crippen MR) is 78.5 cm³/mol. The molecule has 0 saturated heterocycles. The van der Waals surface area contributed by atoms with Gasteiger partial charge in [-0.05, 0) is 12.1 Å². The van der Waals surface area contributed by atoms with Crippen LogP contribution in [0.3, 0.4) is 0 Å². The quantitative estimate of drug-likeness (QED) is 0.523. The average Bonchev–Trinajstić information content (AvgIpc) is 2.40. The van der Waals surface area contributed by atoms with Gasteiger partial charge in [0.05, 0.1) is 15.7 Å². The molecule has 0 radical (unpaired) electrons. The number of carbonyl (C=O) groups is 2. The standard InChI is InChI=1S/C11H10Cl3N3O3/c1-17(2)10(18)9(14)16-20-11(19)15-7-5-3-4-6(12)8(7)13/h3-5H,1-2H3,(H,15,19). The van der Waals surface area contributed by atoms with Crippen molar-refractivity contribution in [3.8, 4) is 0 Å². The summed E-state index contributed by atoms with van der Waals surface area (Å²) in [6.07, 6.45) is -0.959. The molecule has 1 aromatic rings. The van der Waals surface area contributed by atoms with Gasteiger partial charge in [-0.3, -0.25) is 14.9 Å². The molecule has 0 fully saturated rings. The van der Waals surface area contributed by atoms with Crippen LogP contribution in [0.25, 0.3) is 0 Å². The number of nitrogens with zero attached hydrogens (tertiary/aromatic N) is 2. The van der Waals surface area contributed by atoms with E-state index < -0.39 is 17.2 Å². The molecule has 0 aliphatic heterocycles. The molecule has 0 heterocycles. The minimum atomic E-state index is -0.959. The summed E-state index contributed by atoms with van der Waals surface area (Å²) in [5, 5.41) is 5.45. The first-order valence-electron chi connectivity index (χ1n) is 5.20. The molecule has 0 aliphatic rings. The van der Waals surface area contributed by atoms with Gasteiger partial charge in [-0.2, -0.15) is 0 Å². The number of halogens is 3. The zero-order valence-electron chi connectivity index (χ0n) is 10.5. The van der Waals surface area contributed by atoms with E-state index in [-0.39, 0.29) is 15.7 Å². The summed E-state index contributed by atoms with van der Waals surface area (Å²) in [7, 11) is 2.96. The molecule has 0 aliphatic carbocycles. The summed E-state index contributed by atoms with van der Waals surface area (Å²) in [4.78, 5) is 28.4. The molecule has 6 nitrogen and oxygen atoms in total. The Morgan fingerprint density at radius 2 is 1.95 bits per heavy atom. The number of oxime groups is 1. The Labute approximate surface area is 130 Å². The van der Waals surface area contributed by atoms with E-state index in [9.17, 15) is 9.59 Å². The number of hydrogen-bond donors (Lipinski definition) is 1. The summed E-state index contributed by atoms with van der Waals surface area (Å²) in [5.74, 6) is -0.597. The molecule has 1 rings (SSSR count). The molecule has 108 valence electrons. The number of benzene rings is 1. The summed E-state index contributed by atoms with van der Waals surface area (Å²) in [6, 6.07) is 4.67. The minimum Gasteiger partial charge on any atom is -0.343 e. The smallest absolute Gasteiger partial charge is 0.343 e. The van der Waals surface area contributed by atoms with Crippen LogP contribution in [0, 0.1) is 0 Å². The summed E-state index contributed by atoms with van der Waals surface area (Å²) in [5.41, 5.74) is 0.245. The Balaban J connectivity index is 2.67. The molecule has 0 saturated carbocycles. The van der Waals surface area contributed by atoms with Gasteiger partial charge in [0, 0.05) is 14.1 Å². The number of hydrogen-bond acceptors (Lipinski definition) is 4. The highest BCUT2D eigenvalue weighted by Gasteiger charge is 2.13. The van der Waals surface area contributed by atoms with Crippen molar-refractivity contribution in [1.82, 2.24) is 4.90 Å². The van der Waals surface area contributed by atoms with E-state index in [0.29, 0.717) is 0 Å². The second-order valence-corrected chi connectivity index (χ2v) is 4.83. The molecular formula is C11H10Cl3N3O3. The Hall–Kier alpha value is -1.50. The molecule has 20 heavy (non-hydrogen) atoms. The molecular weight excluding hydrogens is 328 g/mol. The van der Waals surface area contributed by atoms with E-state index >= 15 is 0 Å². The van der Waals surface area contributed by atoms with Crippen LogP contribution in [0.1, 0.15) is 0 Å². The van der Waals surface area contributed by atoms with Gasteiger partial charge in [-0.25, -0.2) is 4.79 Å². The van der Waals surface area contributed by atoms with E-state index in [1.54, 1.807) is 12.1 Å². The first-order chi connectivity index (χ1) is 9.32. The van der Waals surface area contributed by atoms with Gasteiger partial charge in [0.25, 0.3) is 5.91 Å². The molecule has 0 atom stereocenters. The molecule has 0 spiro atoms. The number of rotatable bonds is 3. The number of amides is 2. The third kappa shape index (κ3) is 4.56. The Morgan fingerprint density at radius 1 is 1.30 bits per heavy atom. The van der Waals surface area contributed by atoms with Crippen molar-refractivity contribution < 1.29 is 14.4 Å². The van der Waals surface area contributed by atoms with E-state index in [1.807, 2.05) is 0 Å². The van der Waals surface area contributed by atoms with Crippen LogP contribution in [0.15, 0.2) is 23.4 Å². The first kappa shape index (κ1) is 16.6. The Morgan fingerprint density at radius 3 is 2.55 bits per heavy atom. The van der Waals surface area contributed by atoms with Crippen LogP contribution in [-0.2, 0) is 9.63 Å². The number of anilines is 1. The molecule has 2 amide bonds. The topological polar surface area (TPSA) is 71.0 Å². The highest BCUT2D eigenvalue weighted by atomic mass is 35.5. The number of nitrogens with one attached hydrogen (secondary N) is 1. The summed E-state index contributed by atoms with van der Waals surface area (Å²) in [6.45, 7) is 0. The van der Waals surface area contributed by atoms with Crippen LogP contribution >= 0.6 is 34.8 Å². The number of carbonyl (C=O) groups excluding carboxylic acids is 2. The normalized spacial score (nSPS) is 10.9. The van der Waals surface area contributed by atoms with E-state index in [4.69, 9.17) is 34.8 Å². The van der Waals surface area contributed by atoms with Crippen LogP contribution in [0.2, 0.25) is 10.0 Å². The third-order valence-corrected chi connectivity index (χ3v) is 3.03. The highest BCUT2D eigenvalue weighted by molar-refractivity contribution is 6.82. The maximum absolute atomic E-state index is 11.4. The Kier molecular flexibility index (Phi) is 6.06. The van der Waals surface area contributed by atoms with Crippen LogP contribution in [0.5, 0.6) is 0 Å². The average molecular weight is 339 g/mol. The van der Waals surface area contributed by atoms with Crippen molar-refractivity contribution in [2.75, 3.05) is 19.4 Å². The van der Waals surface area contributed by atoms with Gasteiger partial charge >= 0.3 is 6.09 Å². The van der Waals surface area contributed by atoms with Crippen molar-refractivity contribution in [3.63, 3.8) is 0 Å². The van der Waals surface area contributed by atoms with Gasteiger partial charge in [0.2, 0.25) is 5.17 Å². The maximum atomic E-state index is 11.4. The van der Waals surface area contributed by atoms with Gasteiger partial charge in [-0.15, -0.1) is 0 Å². The molecule has 0 unspecified atom stereocenters. The second kappa shape index (κ2) is 7.33. The van der Waals surface area contributed by atoms with Crippen LogP contribution in [0.4, 0.5) is 10.5 Å². The molecule has 1 N–H and O–H groups in total. The molecule has 0 aromatic heterocycles. The van der Waals surface area contributed by atoms with Gasteiger partial charge in [0.1, 0.15) is 0 Å². The fourth-order valence-electron chi connectivity index (χ4n) is 1.04. The van der Waals surface area contributed by atoms with Crippen molar-refractivity contribution in [1.29, 1.82) is 0 Å². The maximum Gasteiger partial charge on any atom is 0.437 e. The fraction of sp³-hybridized carbons (Fsp3) is 0.182. The van der Waals surface area contributed by atoms with E-state index in [1.165, 1.54) is 25.1 Å². The second-order valence-electron chi connectivity index (χ2n) is 3.69. The Bertz CT molecular complexity index is 561. The van der Waals surface area contributed by atoms with Crippen LogP contribution < -0.4 is 5.32 Å². The zero-order valence-corrected chi connectivity index (χ0v) is 12.8. The van der Waals surface area contributed by atoms with Gasteiger partial charge in [0.15, 0.2) is 0 Å². The van der Waals surface area contributed by atoms with Gasteiger partial charge in [-0.1, -0.05) is 46.0 Å². The molecule has 0 bridgehead atoms. The molecule has 1 aromatic carbocycles. The first-order valence-corrected chi connectivity index (χ1v) is 6.33. The SMILES string of the molecule is CN(C)C(=O)C(Cl)=NOC(=O)Nc1cccc(Cl)c1Cl. The highest BCUT2D eigenvalue weighted by Crippen LogP contribution is 2.29. The summed E-state index contributed by atoms with van der Waals surface area (Å²) < 4.78 is 0. The van der Waals surface area contributed by atoms with Crippen molar-refractivity contribution >= 4 is 57.7 Å². The van der Waals surface area contributed by atoms with Crippen molar-refractivity contribution in [2.45, 2.75) is 0 Å². The largest absolute Gasteiger partial charge is 0.437 e. The lowest BCUT2D eigenvalue weighted by molar-refractivity contribution is -0.121. The minimum absolute atomic E-state index is 0.158. The summed E-state index contributed by atoms with van der Waals surface area (Å²) >= 11 is 17.2. The van der Waals surface area contributed by atoms with E-state index in [0.717, 1.165) is 0 Å². The fourth-order valence-corrected chi connectivity index (χ4v) is 1.59. The molecule has 9 heteroatoms. The zero-order chi connectivity index (χ0) is 15.3. The van der Waals surface area contributed by atoms with Crippen molar-refractivity contribution in [3.05, 3.63) is 28.2 Å². The third-order valence-electron chi connectivity index (χ3n) is 1.98. The monoisotopic (exact) mass is 337 g/mol. The van der Waals surface area contributed by atoms with Crippen LogP contribution in [-0.4, -0.2) is 36.2 Å². The van der Waals surface area contributed by atoms with Gasteiger partial charge < -0.3 is 4.90 Å². The lowest BCUT2D eigenvalue weighted by Crippen LogP contribution is -2.27. The lowest BCUT2D eigenvalue weighted by Gasteiger charge is -2.08. The van der Waals surface area contributed by atoms with Crippen molar-refractivity contribution in [2.24, 2.45) is 5.16 Å².